The fraction of sp³-hybridized carbons (Fsp3) is 0.214. The second kappa shape index (κ2) is 6.47. The van der Waals surface area contributed by atoms with Crippen molar-refractivity contribution in [3.63, 3.8) is 0 Å². The van der Waals surface area contributed by atoms with Crippen LogP contribution in [0.3, 0.4) is 0 Å². The van der Waals surface area contributed by atoms with Crippen LogP contribution < -0.4 is 5.32 Å². The molecule has 0 aliphatic heterocycles. The highest BCUT2D eigenvalue weighted by molar-refractivity contribution is 9.10. The maximum atomic E-state index is 11.7. The van der Waals surface area contributed by atoms with Gasteiger partial charge in [-0.1, -0.05) is 30.3 Å². The van der Waals surface area contributed by atoms with Gasteiger partial charge in [-0.05, 0) is 22.9 Å². The van der Waals surface area contributed by atoms with Gasteiger partial charge in [0.2, 0.25) is 5.82 Å². The standard InChI is InChI=1S/C14H14BrN3O2/c1-3-16-12-10(15)11(9-7-5-4-6-8-9)17-13(18-12)14(19)20-2/h4-8H,3H2,1-2H3,(H,16,17,18). The van der Waals surface area contributed by atoms with Gasteiger partial charge in [-0.15, -0.1) is 0 Å². The number of anilines is 1. The predicted molar refractivity (Wildman–Crippen MR) is 80.7 cm³/mol. The van der Waals surface area contributed by atoms with Crippen LogP contribution in [0.25, 0.3) is 11.3 Å². The number of ether oxygens (including phenoxy) is 1. The number of carbonyl (C=O) groups is 1. The highest BCUT2D eigenvalue weighted by Crippen LogP contribution is 2.31. The Morgan fingerprint density at radius 1 is 1.30 bits per heavy atom. The molecule has 6 heteroatoms. The van der Waals surface area contributed by atoms with E-state index in [1.54, 1.807) is 0 Å². The molecule has 0 aliphatic rings. The molecule has 5 nitrogen and oxygen atoms in total. The summed E-state index contributed by atoms with van der Waals surface area (Å²) in [5.74, 6) is 0.0427. The molecule has 2 rings (SSSR count). The average molecular weight is 336 g/mol. The lowest BCUT2D eigenvalue weighted by Gasteiger charge is -2.11. The number of methoxy groups -OCH3 is 1. The quantitative estimate of drug-likeness (QED) is 0.869. The smallest absolute Gasteiger partial charge is 0.376 e. The lowest BCUT2D eigenvalue weighted by Crippen LogP contribution is -2.12. The third kappa shape index (κ3) is 2.96. The summed E-state index contributed by atoms with van der Waals surface area (Å²) in [7, 11) is 1.31. The minimum Gasteiger partial charge on any atom is -0.463 e. The Morgan fingerprint density at radius 3 is 2.60 bits per heavy atom. The maximum absolute atomic E-state index is 11.7. The van der Waals surface area contributed by atoms with Crippen LogP contribution in [0, 0.1) is 0 Å². The van der Waals surface area contributed by atoms with Crippen molar-refractivity contribution in [2.45, 2.75) is 6.92 Å². The Hall–Kier alpha value is -1.95. The normalized spacial score (nSPS) is 10.2. The molecule has 20 heavy (non-hydrogen) atoms. The van der Waals surface area contributed by atoms with Gasteiger partial charge in [0.05, 0.1) is 17.3 Å². The molecule has 0 fully saturated rings. The molecule has 0 amide bonds. The van der Waals surface area contributed by atoms with E-state index in [-0.39, 0.29) is 5.82 Å². The highest BCUT2D eigenvalue weighted by Gasteiger charge is 2.18. The van der Waals surface area contributed by atoms with Gasteiger partial charge in [-0.3, -0.25) is 0 Å². The molecular weight excluding hydrogens is 322 g/mol. The van der Waals surface area contributed by atoms with Gasteiger partial charge < -0.3 is 10.1 Å². The predicted octanol–water partition coefficient (Wildman–Crippen LogP) is 3.12. The summed E-state index contributed by atoms with van der Waals surface area (Å²) in [5.41, 5.74) is 1.54. The number of esters is 1. The van der Waals surface area contributed by atoms with Crippen LogP contribution in [0.4, 0.5) is 5.82 Å². The molecule has 0 saturated carbocycles. The van der Waals surface area contributed by atoms with E-state index < -0.39 is 5.97 Å². The van der Waals surface area contributed by atoms with Crippen LogP contribution >= 0.6 is 15.9 Å². The second-order valence-electron chi connectivity index (χ2n) is 3.95. The number of benzene rings is 1. The molecule has 0 saturated heterocycles. The topological polar surface area (TPSA) is 64.1 Å². The van der Waals surface area contributed by atoms with Gasteiger partial charge in [0.15, 0.2) is 0 Å². The van der Waals surface area contributed by atoms with E-state index in [1.807, 2.05) is 37.3 Å². The molecule has 0 atom stereocenters. The molecule has 0 radical (unpaired) electrons. The summed E-state index contributed by atoms with van der Waals surface area (Å²) in [6, 6.07) is 9.59. The van der Waals surface area contributed by atoms with E-state index in [0.717, 1.165) is 10.0 Å². The SMILES string of the molecule is CCNc1nc(C(=O)OC)nc(-c2ccccc2)c1Br. The lowest BCUT2D eigenvalue weighted by atomic mass is 10.1. The maximum Gasteiger partial charge on any atom is 0.376 e. The number of halogens is 1. The first-order valence-electron chi connectivity index (χ1n) is 6.12. The Bertz CT molecular complexity index is 617. The first kappa shape index (κ1) is 14.5. The number of rotatable bonds is 4. The second-order valence-corrected chi connectivity index (χ2v) is 4.74. The van der Waals surface area contributed by atoms with E-state index in [0.29, 0.717) is 18.1 Å². The molecule has 1 aromatic carbocycles. The molecule has 0 unspecified atom stereocenters. The van der Waals surface area contributed by atoms with Crippen molar-refractivity contribution >= 4 is 27.7 Å². The molecule has 104 valence electrons. The molecule has 2 aromatic rings. The third-order valence-corrected chi connectivity index (χ3v) is 3.36. The Balaban J connectivity index is 2.60. The number of carbonyl (C=O) groups excluding carboxylic acids is 1. The van der Waals surface area contributed by atoms with Crippen LogP contribution in [0.5, 0.6) is 0 Å². The minimum absolute atomic E-state index is 0.0329. The average Bonchev–Trinajstić information content (AvgIpc) is 2.49. The molecular formula is C14H14BrN3O2. The Kier molecular flexibility index (Phi) is 4.68. The molecule has 0 aliphatic carbocycles. The van der Waals surface area contributed by atoms with Gasteiger partial charge in [-0.25, -0.2) is 14.8 Å². The zero-order valence-electron chi connectivity index (χ0n) is 11.2. The zero-order chi connectivity index (χ0) is 14.5. The summed E-state index contributed by atoms with van der Waals surface area (Å²) in [4.78, 5) is 20.1. The molecule has 1 aromatic heterocycles. The fourth-order valence-corrected chi connectivity index (χ4v) is 2.25. The van der Waals surface area contributed by atoms with Crippen LogP contribution in [0.15, 0.2) is 34.8 Å². The van der Waals surface area contributed by atoms with E-state index in [9.17, 15) is 4.79 Å². The monoisotopic (exact) mass is 335 g/mol. The summed E-state index contributed by atoms with van der Waals surface area (Å²) >= 11 is 3.48. The van der Waals surface area contributed by atoms with Gasteiger partial charge >= 0.3 is 5.97 Å². The first-order chi connectivity index (χ1) is 9.67. The molecule has 1 N–H and O–H groups in total. The fourth-order valence-electron chi connectivity index (χ4n) is 1.70. The van der Waals surface area contributed by atoms with Crippen molar-refractivity contribution in [2.75, 3.05) is 19.0 Å². The Labute approximate surface area is 125 Å². The minimum atomic E-state index is -0.561. The third-order valence-electron chi connectivity index (χ3n) is 2.61. The number of nitrogens with one attached hydrogen (secondary N) is 1. The van der Waals surface area contributed by atoms with Crippen molar-refractivity contribution in [2.24, 2.45) is 0 Å². The van der Waals surface area contributed by atoms with E-state index in [2.05, 4.69) is 31.2 Å². The van der Waals surface area contributed by atoms with Gasteiger partial charge in [0, 0.05) is 12.1 Å². The van der Waals surface area contributed by atoms with Gasteiger partial charge in [-0.2, -0.15) is 0 Å². The van der Waals surface area contributed by atoms with Crippen LogP contribution in [-0.2, 0) is 4.74 Å². The van der Waals surface area contributed by atoms with Crippen molar-refractivity contribution in [3.8, 4) is 11.3 Å². The largest absolute Gasteiger partial charge is 0.463 e. The summed E-state index contributed by atoms with van der Waals surface area (Å²) < 4.78 is 5.41. The zero-order valence-corrected chi connectivity index (χ0v) is 12.8. The van der Waals surface area contributed by atoms with Crippen LogP contribution in [-0.4, -0.2) is 29.6 Å². The van der Waals surface area contributed by atoms with E-state index in [1.165, 1.54) is 7.11 Å². The summed E-state index contributed by atoms with van der Waals surface area (Å²) in [6.07, 6.45) is 0. The number of aromatic nitrogens is 2. The number of hydrogen-bond acceptors (Lipinski definition) is 5. The first-order valence-corrected chi connectivity index (χ1v) is 6.91. The molecule has 0 spiro atoms. The molecule has 0 bridgehead atoms. The summed E-state index contributed by atoms with van der Waals surface area (Å²) in [5, 5.41) is 3.10. The van der Waals surface area contributed by atoms with E-state index in [4.69, 9.17) is 4.74 Å². The Morgan fingerprint density at radius 2 is 2.00 bits per heavy atom. The van der Waals surface area contributed by atoms with Gasteiger partial charge in [0.25, 0.3) is 0 Å². The van der Waals surface area contributed by atoms with Crippen molar-refractivity contribution in [1.29, 1.82) is 0 Å². The van der Waals surface area contributed by atoms with Crippen LogP contribution in [0.2, 0.25) is 0 Å². The van der Waals surface area contributed by atoms with Crippen molar-refractivity contribution in [1.82, 2.24) is 9.97 Å². The summed E-state index contributed by atoms with van der Waals surface area (Å²) in [6.45, 7) is 2.64. The molecule has 1 heterocycles. The van der Waals surface area contributed by atoms with Gasteiger partial charge in [0.1, 0.15) is 5.82 Å². The van der Waals surface area contributed by atoms with Crippen molar-refractivity contribution < 1.29 is 9.53 Å². The lowest BCUT2D eigenvalue weighted by molar-refractivity contribution is 0.0587. The van der Waals surface area contributed by atoms with Crippen molar-refractivity contribution in [3.05, 3.63) is 40.6 Å². The van der Waals surface area contributed by atoms with E-state index >= 15 is 0 Å². The highest BCUT2D eigenvalue weighted by atomic mass is 79.9. The van der Waals surface area contributed by atoms with Crippen LogP contribution in [0.1, 0.15) is 17.5 Å². The number of hydrogen-bond donors (Lipinski definition) is 1. The number of nitrogens with zero attached hydrogens (tertiary/aromatic N) is 2.